The first-order valence-corrected chi connectivity index (χ1v) is 8.01. The minimum atomic E-state index is -0.400. The molecule has 0 radical (unpaired) electrons. The third-order valence-electron chi connectivity index (χ3n) is 4.36. The van der Waals surface area contributed by atoms with Crippen molar-refractivity contribution in [3.63, 3.8) is 0 Å². The van der Waals surface area contributed by atoms with Crippen molar-refractivity contribution >= 4 is 5.91 Å². The lowest BCUT2D eigenvalue weighted by Gasteiger charge is -2.12. The Labute approximate surface area is 140 Å². The molecule has 0 aliphatic heterocycles. The maximum absolute atomic E-state index is 12.3. The maximum atomic E-state index is 12.3. The fourth-order valence-corrected chi connectivity index (χ4v) is 3.00. The number of nitrogens with one attached hydrogen (secondary N) is 2. The summed E-state index contributed by atoms with van der Waals surface area (Å²) >= 11 is 0. The summed E-state index contributed by atoms with van der Waals surface area (Å²) in [5.74, 6) is 0.392. The molecule has 0 unspecified atom stereocenters. The minimum absolute atomic E-state index is 0.0492. The van der Waals surface area contributed by atoms with Gasteiger partial charge in [0.05, 0.1) is 7.11 Å². The molecule has 6 nitrogen and oxygen atoms in total. The quantitative estimate of drug-likeness (QED) is 0.795. The summed E-state index contributed by atoms with van der Waals surface area (Å²) in [6, 6.07) is 10.8. The van der Waals surface area contributed by atoms with E-state index in [0.717, 1.165) is 30.6 Å². The molecule has 1 aromatic carbocycles. The van der Waals surface area contributed by atoms with Gasteiger partial charge in [0, 0.05) is 17.8 Å². The average Bonchev–Trinajstić information content (AvgIpc) is 2.99. The van der Waals surface area contributed by atoms with E-state index in [1.54, 1.807) is 19.2 Å². The molecule has 0 spiro atoms. The van der Waals surface area contributed by atoms with E-state index in [9.17, 15) is 9.59 Å². The Morgan fingerprint density at radius 3 is 2.54 bits per heavy atom. The van der Waals surface area contributed by atoms with Gasteiger partial charge in [0.2, 0.25) is 0 Å². The number of benzene rings is 1. The van der Waals surface area contributed by atoms with Crippen LogP contribution in [0.5, 0.6) is 5.75 Å². The van der Waals surface area contributed by atoms with Gasteiger partial charge in [-0.05, 0) is 61.2 Å². The van der Waals surface area contributed by atoms with E-state index in [1.807, 2.05) is 24.3 Å². The molecule has 0 bridgehead atoms. The Bertz CT molecular complexity index is 783. The van der Waals surface area contributed by atoms with Crippen LogP contribution in [0.1, 0.15) is 29.6 Å². The number of carbonyl (C=O) groups excluding carboxylic acids is 1. The van der Waals surface area contributed by atoms with Crippen LogP contribution < -0.4 is 21.3 Å². The molecule has 6 heteroatoms. The number of methoxy groups -OCH3 is 1. The van der Waals surface area contributed by atoms with Crippen LogP contribution in [-0.2, 0) is 0 Å². The first-order valence-electron chi connectivity index (χ1n) is 8.01. The van der Waals surface area contributed by atoms with Gasteiger partial charge in [-0.2, -0.15) is 0 Å². The number of nitrogens with two attached hydrogens (primary N) is 1. The normalized spacial score (nSPS) is 19.9. The SMILES string of the molecule is COc1ccc(-c2ccc(C(=O)N[C@@H]3CC[C@@H](N)C3)c(=O)[nH]2)cc1. The number of hydrogen-bond acceptors (Lipinski definition) is 4. The second-order valence-electron chi connectivity index (χ2n) is 6.09. The third-order valence-corrected chi connectivity index (χ3v) is 4.36. The summed E-state index contributed by atoms with van der Waals surface area (Å²) in [7, 11) is 1.60. The zero-order chi connectivity index (χ0) is 17.1. The van der Waals surface area contributed by atoms with Gasteiger partial charge in [-0.3, -0.25) is 9.59 Å². The molecule has 0 saturated heterocycles. The van der Waals surface area contributed by atoms with E-state index >= 15 is 0 Å². The van der Waals surface area contributed by atoms with Gasteiger partial charge < -0.3 is 20.8 Å². The lowest BCUT2D eigenvalue weighted by Crippen LogP contribution is -2.37. The molecule has 2 atom stereocenters. The Morgan fingerprint density at radius 1 is 1.21 bits per heavy atom. The van der Waals surface area contributed by atoms with Crippen LogP contribution >= 0.6 is 0 Å². The van der Waals surface area contributed by atoms with Crippen LogP contribution in [0.3, 0.4) is 0 Å². The molecule has 1 saturated carbocycles. The monoisotopic (exact) mass is 327 g/mol. The summed E-state index contributed by atoms with van der Waals surface area (Å²) in [6.07, 6.45) is 2.51. The van der Waals surface area contributed by atoms with Gasteiger partial charge in [-0.25, -0.2) is 0 Å². The molecule has 4 N–H and O–H groups in total. The highest BCUT2D eigenvalue weighted by Gasteiger charge is 2.24. The Morgan fingerprint density at radius 2 is 1.96 bits per heavy atom. The highest BCUT2D eigenvalue weighted by atomic mass is 16.5. The van der Waals surface area contributed by atoms with Crippen LogP contribution in [0.25, 0.3) is 11.3 Å². The molecule has 1 aliphatic rings. The number of pyridine rings is 1. The third kappa shape index (κ3) is 3.49. The molecule has 3 rings (SSSR count). The minimum Gasteiger partial charge on any atom is -0.497 e. The average molecular weight is 327 g/mol. The van der Waals surface area contributed by atoms with Gasteiger partial charge in [0.15, 0.2) is 0 Å². The molecule has 1 fully saturated rings. The van der Waals surface area contributed by atoms with Crippen molar-refractivity contribution in [1.82, 2.24) is 10.3 Å². The zero-order valence-corrected chi connectivity index (χ0v) is 13.5. The van der Waals surface area contributed by atoms with Crippen molar-refractivity contribution < 1.29 is 9.53 Å². The van der Waals surface area contributed by atoms with E-state index in [0.29, 0.717) is 5.69 Å². The Hall–Kier alpha value is -2.60. The number of H-pyrrole nitrogens is 1. The Kier molecular flexibility index (Phi) is 4.66. The first kappa shape index (κ1) is 16.3. The van der Waals surface area contributed by atoms with Crippen LogP contribution in [0.2, 0.25) is 0 Å². The smallest absolute Gasteiger partial charge is 0.261 e. The second-order valence-corrected chi connectivity index (χ2v) is 6.09. The molecular weight excluding hydrogens is 306 g/mol. The maximum Gasteiger partial charge on any atom is 0.261 e. The summed E-state index contributed by atoms with van der Waals surface area (Å²) in [4.78, 5) is 27.3. The fraction of sp³-hybridized carbons (Fsp3) is 0.333. The van der Waals surface area contributed by atoms with E-state index in [-0.39, 0.29) is 23.6 Å². The predicted octanol–water partition coefficient (Wildman–Crippen LogP) is 1.66. The predicted molar refractivity (Wildman–Crippen MR) is 92.1 cm³/mol. The Balaban J connectivity index is 1.76. The highest BCUT2D eigenvalue weighted by molar-refractivity contribution is 5.94. The van der Waals surface area contributed by atoms with Gasteiger partial charge in [-0.15, -0.1) is 0 Å². The fourth-order valence-electron chi connectivity index (χ4n) is 3.00. The van der Waals surface area contributed by atoms with Crippen LogP contribution in [0.15, 0.2) is 41.2 Å². The molecule has 1 heterocycles. The van der Waals surface area contributed by atoms with Gasteiger partial charge >= 0.3 is 0 Å². The van der Waals surface area contributed by atoms with Crippen molar-refractivity contribution in [2.24, 2.45) is 5.73 Å². The van der Waals surface area contributed by atoms with Crippen LogP contribution in [0.4, 0.5) is 0 Å². The van der Waals surface area contributed by atoms with Crippen molar-refractivity contribution in [1.29, 1.82) is 0 Å². The number of amides is 1. The van der Waals surface area contributed by atoms with Crippen LogP contribution in [0, 0.1) is 0 Å². The standard InChI is InChI=1S/C18H21N3O3/c1-24-14-6-2-11(3-7-14)16-9-8-15(18(23)21-16)17(22)20-13-5-4-12(19)10-13/h2-3,6-9,12-13H,4-5,10,19H2,1H3,(H,20,22)(H,21,23)/t12-,13-/m1/s1. The summed E-state index contributed by atoms with van der Waals surface area (Å²) in [5.41, 5.74) is 7.07. The largest absolute Gasteiger partial charge is 0.497 e. The molecule has 2 aromatic rings. The van der Waals surface area contributed by atoms with Crippen molar-refractivity contribution in [3.8, 4) is 17.0 Å². The zero-order valence-electron chi connectivity index (χ0n) is 13.5. The van der Waals surface area contributed by atoms with Crippen molar-refractivity contribution in [2.45, 2.75) is 31.3 Å². The van der Waals surface area contributed by atoms with Crippen molar-refractivity contribution in [2.75, 3.05) is 7.11 Å². The lowest BCUT2D eigenvalue weighted by molar-refractivity contribution is 0.0936. The van der Waals surface area contributed by atoms with Gasteiger partial charge in [0.25, 0.3) is 11.5 Å². The molecule has 24 heavy (non-hydrogen) atoms. The number of hydrogen-bond donors (Lipinski definition) is 3. The molecular formula is C18H21N3O3. The number of aromatic nitrogens is 1. The van der Waals surface area contributed by atoms with E-state index in [1.165, 1.54) is 0 Å². The van der Waals surface area contributed by atoms with Gasteiger partial charge in [-0.1, -0.05) is 0 Å². The number of ether oxygens (including phenoxy) is 1. The van der Waals surface area contributed by atoms with Gasteiger partial charge in [0.1, 0.15) is 11.3 Å². The number of aromatic amines is 1. The van der Waals surface area contributed by atoms with E-state index < -0.39 is 5.56 Å². The van der Waals surface area contributed by atoms with E-state index in [2.05, 4.69) is 10.3 Å². The highest BCUT2D eigenvalue weighted by Crippen LogP contribution is 2.20. The first-order chi connectivity index (χ1) is 11.6. The topological polar surface area (TPSA) is 97.2 Å². The number of rotatable bonds is 4. The van der Waals surface area contributed by atoms with Crippen molar-refractivity contribution in [3.05, 3.63) is 52.3 Å². The summed E-state index contributed by atoms with van der Waals surface area (Å²) in [5, 5.41) is 2.89. The lowest BCUT2D eigenvalue weighted by atomic mass is 10.1. The van der Waals surface area contributed by atoms with E-state index in [4.69, 9.17) is 10.5 Å². The molecule has 126 valence electrons. The summed E-state index contributed by atoms with van der Waals surface area (Å²) in [6.45, 7) is 0. The number of carbonyl (C=O) groups is 1. The molecule has 1 aliphatic carbocycles. The van der Waals surface area contributed by atoms with Crippen LogP contribution in [-0.4, -0.2) is 30.1 Å². The molecule has 1 amide bonds. The summed E-state index contributed by atoms with van der Waals surface area (Å²) < 4.78 is 5.12. The second kappa shape index (κ2) is 6.88. The molecule has 1 aromatic heterocycles.